The first-order valence-electron chi connectivity index (χ1n) is 10.5. The molecule has 1 aliphatic rings. The van der Waals surface area contributed by atoms with E-state index in [9.17, 15) is 14.7 Å². The van der Waals surface area contributed by atoms with Gasteiger partial charge in [0.15, 0.2) is 0 Å². The number of amides is 2. The van der Waals surface area contributed by atoms with Crippen molar-refractivity contribution in [3.8, 4) is 0 Å². The smallest absolute Gasteiger partial charge is 0.410 e. The van der Waals surface area contributed by atoms with Crippen molar-refractivity contribution >= 4 is 39.5 Å². The SMILES string of the molecule is CC(C)(C)OC(=O)N1CCC[C@@H]1C(=O)NCC(O)(c1ccc(Cl)cc1)c1ccc(Br)cc1. The minimum atomic E-state index is -1.48. The molecule has 0 aromatic heterocycles. The number of hydrogen-bond donors (Lipinski definition) is 2. The maximum absolute atomic E-state index is 13.0. The van der Waals surface area contributed by atoms with E-state index in [1.54, 1.807) is 57.2 Å². The van der Waals surface area contributed by atoms with Crippen LogP contribution in [0.25, 0.3) is 0 Å². The second-order valence-electron chi connectivity index (χ2n) is 8.92. The van der Waals surface area contributed by atoms with Crippen LogP contribution in [0.1, 0.15) is 44.7 Å². The number of nitrogens with one attached hydrogen (secondary N) is 1. The molecule has 32 heavy (non-hydrogen) atoms. The number of rotatable bonds is 5. The van der Waals surface area contributed by atoms with Crippen molar-refractivity contribution in [3.05, 3.63) is 69.2 Å². The predicted octanol–water partition coefficient (Wildman–Crippen LogP) is 4.85. The van der Waals surface area contributed by atoms with Gasteiger partial charge in [-0.15, -0.1) is 0 Å². The standard InChI is InChI=1S/C24H28BrClN2O4/c1-23(2,3)32-22(30)28-14-4-5-20(28)21(29)27-15-24(31,16-6-10-18(25)11-7-16)17-8-12-19(26)13-9-17/h6-13,20,31H,4-5,14-15H2,1-3H3,(H,27,29)/t20-,24?/m1/s1. The molecule has 3 rings (SSSR count). The normalized spacial score (nSPS) is 18.2. The van der Waals surface area contributed by atoms with Gasteiger partial charge in [-0.05, 0) is 69.0 Å². The predicted molar refractivity (Wildman–Crippen MR) is 128 cm³/mol. The molecule has 1 aliphatic heterocycles. The molecule has 1 heterocycles. The summed E-state index contributed by atoms with van der Waals surface area (Å²) in [7, 11) is 0. The highest BCUT2D eigenvalue weighted by atomic mass is 79.9. The third-order valence-corrected chi connectivity index (χ3v) is 6.13. The number of benzene rings is 2. The summed E-state index contributed by atoms with van der Waals surface area (Å²) in [6.07, 6.45) is 0.754. The van der Waals surface area contributed by atoms with Gasteiger partial charge in [0.25, 0.3) is 0 Å². The van der Waals surface area contributed by atoms with Crippen LogP contribution in [0.2, 0.25) is 5.02 Å². The lowest BCUT2D eigenvalue weighted by molar-refractivity contribution is -0.126. The van der Waals surface area contributed by atoms with Gasteiger partial charge in [0.2, 0.25) is 5.91 Å². The van der Waals surface area contributed by atoms with E-state index in [1.165, 1.54) is 4.90 Å². The highest BCUT2D eigenvalue weighted by molar-refractivity contribution is 9.10. The van der Waals surface area contributed by atoms with Gasteiger partial charge in [-0.3, -0.25) is 9.69 Å². The first-order chi connectivity index (χ1) is 15.0. The van der Waals surface area contributed by atoms with E-state index in [4.69, 9.17) is 16.3 Å². The molecule has 0 spiro atoms. The Kier molecular flexibility index (Phi) is 7.53. The monoisotopic (exact) mass is 522 g/mol. The summed E-state index contributed by atoms with van der Waals surface area (Å²) in [5.74, 6) is -0.321. The Hall–Kier alpha value is -2.09. The fourth-order valence-electron chi connectivity index (χ4n) is 3.73. The molecule has 2 atom stereocenters. The summed E-state index contributed by atoms with van der Waals surface area (Å²) < 4.78 is 6.33. The molecule has 2 N–H and O–H groups in total. The van der Waals surface area contributed by atoms with Crippen LogP contribution in [0.15, 0.2) is 53.0 Å². The third-order valence-electron chi connectivity index (χ3n) is 5.35. The van der Waals surface area contributed by atoms with Crippen molar-refractivity contribution in [3.63, 3.8) is 0 Å². The van der Waals surface area contributed by atoms with Gasteiger partial charge >= 0.3 is 6.09 Å². The van der Waals surface area contributed by atoms with Gasteiger partial charge in [0.1, 0.15) is 17.2 Å². The molecule has 2 amide bonds. The lowest BCUT2D eigenvalue weighted by Crippen LogP contribution is -2.50. The van der Waals surface area contributed by atoms with Crippen LogP contribution in [0.3, 0.4) is 0 Å². The zero-order valence-corrected chi connectivity index (χ0v) is 20.7. The highest BCUT2D eigenvalue weighted by Crippen LogP contribution is 2.31. The number of carbonyl (C=O) groups excluding carboxylic acids is 2. The Morgan fingerprint density at radius 3 is 2.25 bits per heavy atom. The van der Waals surface area contributed by atoms with Gasteiger partial charge in [-0.2, -0.15) is 0 Å². The van der Waals surface area contributed by atoms with Gasteiger partial charge in [-0.25, -0.2) is 4.79 Å². The van der Waals surface area contributed by atoms with E-state index in [0.29, 0.717) is 35.5 Å². The quantitative estimate of drug-likeness (QED) is 0.587. The topological polar surface area (TPSA) is 78.9 Å². The third kappa shape index (κ3) is 5.82. The van der Waals surface area contributed by atoms with Crippen LogP contribution < -0.4 is 5.32 Å². The van der Waals surface area contributed by atoms with Crippen molar-refractivity contribution in [2.75, 3.05) is 13.1 Å². The summed E-state index contributed by atoms with van der Waals surface area (Å²) >= 11 is 9.43. The number of hydrogen-bond acceptors (Lipinski definition) is 4. The molecular formula is C24H28BrClN2O4. The van der Waals surface area contributed by atoms with Crippen LogP contribution in [-0.2, 0) is 15.1 Å². The number of halogens is 2. The molecule has 1 fully saturated rings. The van der Waals surface area contributed by atoms with E-state index in [-0.39, 0.29) is 12.5 Å². The van der Waals surface area contributed by atoms with E-state index in [1.807, 2.05) is 12.1 Å². The summed E-state index contributed by atoms with van der Waals surface area (Å²) in [5.41, 5.74) is -0.897. The molecule has 6 nitrogen and oxygen atoms in total. The van der Waals surface area contributed by atoms with Gasteiger partial charge in [0.05, 0.1) is 6.54 Å². The van der Waals surface area contributed by atoms with E-state index in [0.717, 1.165) is 4.47 Å². The second-order valence-corrected chi connectivity index (χ2v) is 10.3. The van der Waals surface area contributed by atoms with Gasteiger partial charge in [0, 0.05) is 16.0 Å². The molecular weight excluding hydrogens is 496 g/mol. The van der Waals surface area contributed by atoms with Crippen LogP contribution >= 0.6 is 27.5 Å². The maximum Gasteiger partial charge on any atom is 0.410 e. The summed E-state index contributed by atoms with van der Waals surface area (Å²) in [4.78, 5) is 27.0. The minimum Gasteiger partial charge on any atom is -0.444 e. The minimum absolute atomic E-state index is 0.0617. The van der Waals surface area contributed by atoms with Crippen LogP contribution in [0.4, 0.5) is 4.79 Å². The Labute approximate surface area is 202 Å². The molecule has 0 aliphatic carbocycles. The van der Waals surface area contributed by atoms with Crippen molar-refractivity contribution in [2.24, 2.45) is 0 Å². The summed E-state index contributed by atoms with van der Waals surface area (Å²) in [5, 5.41) is 15.1. The van der Waals surface area contributed by atoms with Gasteiger partial charge in [-0.1, -0.05) is 51.8 Å². The number of carbonyl (C=O) groups is 2. The lowest BCUT2D eigenvalue weighted by atomic mass is 9.86. The van der Waals surface area contributed by atoms with Crippen molar-refractivity contribution in [2.45, 2.75) is 50.9 Å². The fraction of sp³-hybridized carbons (Fsp3) is 0.417. The molecule has 172 valence electrons. The number of ether oxygens (including phenoxy) is 1. The Bertz CT molecular complexity index is 912. The van der Waals surface area contributed by atoms with Gasteiger partial charge < -0.3 is 15.2 Å². The molecule has 0 bridgehead atoms. The van der Waals surface area contributed by atoms with Crippen molar-refractivity contribution in [1.29, 1.82) is 0 Å². The lowest BCUT2D eigenvalue weighted by Gasteiger charge is -2.32. The zero-order valence-electron chi connectivity index (χ0n) is 18.4. The molecule has 0 saturated carbocycles. The average Bonchev–Trinajstić information content (AvgIpc) is 3.22. The molecule has 0 radical (unpaired) electrons. The Morgan fingerprint density at radius 1 is 1.12 bits per heavy atom. The van der Waals surface area contributed by atoms with Crippen LogP contribution in [0.5, 0.6) is 0 Å². The molecule has 1 unspecified atom stereocenters. The number of aliphatic hydroxyl groups is 1. The van der Waals surface area contributed by atoms with Crippen LogP contribution in [-0.4, -0.2) is 46.7 Å². The van der Waals surface area contributed by atoms with Crippen molar-refractivity contribution in [1.82, 2.24) is 10.2 Å². The van der Waals surface area contributed by atoms with E-state index >= 15 is 0 Å². The molecule has 2 aromatic rings. The fourth-order valence-corrected chi connectivity index (χ4v) is 4.12. The zero-order chi connectivity index (χ0) is 23.5. The molecule has 8 heteroatoms. The summed E-state index contributed by atoms with van der Waals surface area (Å²) in [6, 6.07) is 13.5. The first kappa shape index (κ1) is 24.6. The van der Waals surface area contributed by atoms with Crippen LogP contribution in [0, 0.1) is 0 Å². The number of nitrogens with zero attached hydrogens (tertiary/aromatic N) is 1. The second kappa shape index (κ2) is 9.81. The van der Waals surface area contributed by atoms with Crippen molar-refractivity contribution < 1.29 is 19.4 Å². The average molecular weight is 524 g/mol. The Balaban J connectivity index is 1.80. The number of likely N-dealkylation sites (tertiary alicyclic amines) is 1. The largest absolute Gasteiger partial charge is 0.444 e. The summed E-state index contributed by atoms with van der Waals surface area (Å²) in [6.45, 7) is 5.77. The first-order valence-corrected chi connectivity index (χ1v) is 11.7. The highest BCUT2D eigenvalue weighted by Gasteiger charge is 2.38. The molecule has 1 saturated heterocycles. The molecule has 2 aromatic carbocycles. The van der Waals surface area contributed by atoms with E-state index in [2.05, 4.69) is 21.2 Å². The maximum atomic E-state index is 13.0. The Morgan fingerprint density at radius 2 is 1.69 bits per heavy atom. The van der Waals surface area contributed by atoms with E-state index < -0.39 is 23.3 Å².